The summed E-state index contributed by atoms with van der Waals surface area (Å²) in [6, 6.07) is 11.3. The molecule has 166 valence electrons. The molecular formula is C23H23ClN4O3S. The molecule has 0 unspecified atom stereocenters. The molecule has 0 aliphatic heterocycles. The number of amides is 1. The maximum Gasteiger partial charge on any atom is 0.412 e. The van der Waals surface area contributed by atoms with Gasteiger partial charge in [-0.3, -0.25) is 5.32 Å². The second kappa shape index (κ2) is 9.58. The summed E-state index contributed by atoms with van der Waals surface area (Å²) < 4.78 is 12.9. The second-order valence-electron chi connectivity index (χ2n) is 7.05. The fourth-order valence-electron chi connectivity index (χ4n) is 3.37. The van der Waals surface area contributed by atoms with Gasteiger partial charge in [-0.15, -0.1) is 0 Å². The van der Waals surface area contributed by atoms with Crippen LogP contribution in [0.25, 0.3) is 21.6 Å². The molecule has 4 aromatic rings. The van der Waals surface area contributed by atoms with Crippen molar-refractivity contribution in [1.29, 1.82) is 0 Å². The standard InChI is InChI=1S/C23H23ClN4O3S/c1-4-17-22(32-21(26-17)16-8-7-15(24)11-20(16)30-3)27-23(29)31-12-14-6-9-19-18(10-14)25-13-28(19)5-2/h6-11,13H,4-5,12H2,1-3H3,(H,27,29). The van der Waals surface area contributed by atoms with Gasteiger partial charge in [0.25, 0.3) is 0 Å². The van der Waals surface area contributed by atoms with Gasteiger partial charge in [-0.2, -0.15) is 0 Å². The number of aromatic nitrogens is 3. The van der Waals surface area contributed by atoms with E-state index in [1.165, 1.54) is 11.3 Å². The van der Waals surface area contributed by atoms with Crippen molar-refractivity contribution < 1.29 is 14.3 Å². The number of nitrogens with zero attached hydrogens (tertiary/aromatic N) is 3. The number of anilines is 1. The van der Waals surface area contributed by atoms with E-state index in [1.54, 1.807) is 19.2 Å². The summed E-state index contributed by atoms with van der Waals surface area (Å²) in [7, 11) is 1.59. The van der Waals surface area contributed by atoms with Gasteiger partial charge in [0.15, 0.2) is 0 Å². The quantitative estimate of drug-likeness (QED) is 0.350. The summed E-state index contributed by atoms with van der Waals surface area (Å²) in [5, 5.41) is 4.81. The number of imidazole rings is 1. The molecule has 2 aromatic heterocycles. The molecule has 0 radical (unpaired) electrons. The lowest BCUT2D eigenvalue weighted by Crippen LogP contribution is -2.13. The number of benzene rings is 2. The smallest absolute Gasteiger partial charge is 0.412 e. The third-order valence-electron chi connectivity index (χ3n) is 5.04. The van der Waals surface area contributed by atoms with Gasteiger partial charge in [0.05, 0.1) is 35.7 Å². The van der Waals surface area contributed by atoms with Crippen molar-refractivity contribution in [1.82, 2.24) is 14.5 Å². The Bertz CT molecular complexity index is 1270. The zero-order valence-corrected chi connectivity index (χ0v) is 19.6. The van der Waals surface area contributed by atoms with E-state index in [2.05, 4.69) is 26.8 Å². The van der Waals surface area contributed by atoms with Crippen molar-refractivity contribution in [2.45, 2.75) is 33.4 Å². The van der Waals surface area contributed by atoms with Crippen LogP contribution in [0.1, 0.15) is 25.1 Å². The molecule has 7 nitrogen and oxygen atoms in total. The van der Waals surface area contributed by atoms with Gasteiger partial charge in [-0.05, 0) is 49.2 Å². The van der Waals surface area contributed by atoms with Crippen molar-refractivity contribution in [3.8, 4) is 16.3 Å². The molecule has 0 saturated carbocycles. The van der Waals surface area contributed by atoms with Crippen LogP contribution in [0, 0.1) is 0 Å². The van der Waals surface area contributed by atoms with Gasteiger partial charge in [-0.25, -0.2) is 14.8 Å². The highest BCUT2D eigenvalue weighted by Crippen LogP contribution is 2.38. The fraction of sp³-hybridized carbons (Fsp3) is 0.261. The molecule has 9 heteroatoms. The maximum atomic E-state index is 12.5. The largest absolute Gasteiger partial charge is 0.496 e. The van der Waals surface area contributed by atoms with E-state index in [9.17, 15) is 4.79 Å². The lowest BCUT2D eigenvalue weighted by atomic mass is 10.2. The molecule has 0 spiro atoms. The molecule has 2 heterocycles. The van der Waals surface area contributed by atoms with Crippen molar-refractivity contribution in [3.63, 3.8) is 0 Å². The van der Waals surface area contributed by atoms with Crippen LogP contribution in [0.2, 0.25) is 5.02 Å². The Hall–Kier alpha value is -3.10. The van der Waals surface area contributed by atoms with Gasteiger partial charge in [0.1, 0.15) is 22.4 Å². The Kier molecular flexibility index (Phi) is 6.62. The fourth-order valence-corrected chi connectivity index (χ4v) is 4.61. The Labute approximate surface area is 195 Å². The zero-order valence-electron chi connectivity index (χ0n) is 18.0. The molecule has 1 amide bonds. The first kappa shape index (κ1) is 22.1. The molecule has 2 aromatic carbocycles. The minimum Gasteiger partial charge on any atom is -0.496 e. The van der Waals surface area contributed by atoms with Gasteiger partial charge in [0, 0.05) is 11.6 Å². The topological polar surface area (TPSA) is 78.3 Å². The summed E-state index contributed by atoms with van der Waals surface area (Å²) in [5.41, 5.74) is 4.41. The van der Waals surface area contributed by atoms with E-state index >= 15 is 0 Å². The van der Waals surface area contributed by atoms with E-state index in [1.807, 2.05) is 37.5 Å². The number of aryl methyl sites for hydroxylation is 2. The number of carbonyl (C=O) groups excluding carboxylic acids is 1. The number of fused-ring (bicyclic) bond motifs is 1. The molecule has 0 saturated heterocycles. The Morgan fingerprint density at radius 2 is 2.06 bits per heavy atom. The number of carbonyl (C=O) groups is 1. The SMILES string of the molecule is CCc1nc(-c2ccc(Cl)cc2OC)sc1NC(=O)OCc1ccc2c(c1)ncn2CC. The van der Waals surface area contributed by atoms with Crippen LogP contribution in [0.3, 0.4) is 0 Å². The van der Waals surface area contributed by atoms with Gasteiger partial charge < -0.3 is 14.0 Å². The highest BCUT2D eigenvalue weighted by Gasteiger charge is 2.17. The first-order valence-corrected chi connectivity index (χ1v) is 11.4. The second-order valence-corrected chi connectivity index (χ2v) is 8.48. The van der Waals surface area contributed by atoms with E-state index in [4.69, 9.17) is 21.1 Å². The van der Waals surface area contributed by atoms with Crippen molar-refractivity contribution in [2.24, 2.45) is 0 Å². The minimum absolute atomic E-state index is 0.152. The van der Waals surface area contributed by atoms with E-state index in [0.29, 0.717) is 22.2 Å². The van der Waals surface area contributed by atoms with Crippen molar-refractivity contribution in [2.75, 3.05) is 12.4 Å². The lowest BCUT2D eigenvalue weighted by molar-refractivity contribution is 0.155. The normalized spacial score (nSPS) is 11.0. The predicted octanol–water partition coefficient (Wildman–Crippen LogP) is 6.15. The number of hydrogen-bond acceptors (Lipinski definition) is 6. The number of hydrogen-bond donors (Lipinski definition) is 1. The number of thiazole rings is 1. The monoisotopic (exact) mass is 470 g/mol. The van der Waals surface area contributed by atoms with Crippen LogP contribution in [-0.4, -0.2) is 27.7 Å². The van der Waals surface area contributed by atoms with Gasteiger partial charge in [-0.1, -0.05) is 35.9 Å². The Morgan fingerprint density at radius 3 is 2.81 bits per heavy atom. The van der Waals surface area contributed by atoms with Crippen LogP contribution in [-0.2, 0) is 24.3 Å². The number of ether oxygens (including phenoxy) is 2. The highest BCUT2D eigenvalue weighted by atomic mass is 35.5. The molecule has 0 fully saturated rings. The third kappa shape index (κ3) is 4.56. The Morgan fingerprint density at radius 1 is 1.22 bits per heavy atom. The first-order chi connectivity index (χ1) is 15.5. The molecule has 0 aliphatic carbocycles. The van der Waals surface area contributed by atoms with Crippen LogP contribution in [0.5, 0.6) is 5.75 Å². The van der Waals surface area contributed by atoms with Crippen molar-refractivity contribution >= 4 is 45.1 Å². The van der Waals surface area contributed by atoms with E-state index in [-0.39, 0.29) is 6.61 Å². The molecule has 0 aliphatic rings. The summed E-state index contributed by atoms with van der Waals surface area (Å²) in [5.74, 6) is 0.629. The zero-order chi connectivity index (χ0) is 22.7. The van der Waals surface area contributed by atoms with E-state index < -0.39 is 6.09 Å². The number of methoxy groups -OCH3 is 1. The molecule has 4 rings (SSSR count). The number of halogens is 1. The molecule has 0 bridgehead atoms. The maximum absolute atomic E-state index is 12.5. The number of nitrogens with one attached hydrogen (secondary N) is 1. The van der Waals surface area contributed by atoms with Crippen LogP contribution < -0.4 is 10.1 Å². The summed E-state index contributed by atoms with van der Waals surface area (Å²) in [4.78, 5) is 21.5. The van der Waals surface area contributed by atoms with Gasteiger partial charge in [0.2, 0.25) is 0 Å². The summed E-state index contributed by atoms with van der Waals surface area (Å²) in [6.07, 6.45) is 1.95. The minimum atomic E-state index is -0.530. The van der Waals surface area contributed by atoms with Crippen molar-refractivity contribution in [3.05, 3.63) is 59.0 Å². The average molecular weight is 471 g/mol. The molecule has 0 atom stereocenters. The number of rotatable bonds is 7. The molecular weight excluding hydrogens is 448 g/mol. The highest BCUT2D eigenvalue weighted by molar-refractivity contribution is 7.19. The Balaban J connectivity index is 1.46. The average Bonchev–Trinajstić information content (AvgIpc) is 3.40. The predicted molar refractivity (Wildman–Crippen MR) is 128 cm³/mol. The first-order valence-electron chi connectivity index (χ1n) is 10.2. The summed E-state index contributed by atoms with van der Waals surface area (Å²) in [6.45, 7) is 5.06. The lowest BCUT2D eigenvalue weighted by Gasteiger charge is -2.07. The van der Waals surface area contributed by atoms with Crippen LogP contribution in [0.4, 0.5) is 9.80 Å². The van der Waals surface area contributed by atoms with E-state index in [0.717, 1.165) is 39.4 Å². The molecule has 32 heavy (non-hydrogen) atoms. The van der Waals surface area contributed by atoms with Crippen LogP contribution in [0.15, 0.2) is 42.7 Å². The molecule has 1 N–H and O–H groups in total. The van der Waals surface area contributed by atoms with Gasteiger partial charge >= 0.3 is 6.09 Å². The van der Waals surface area contributed by atoms with Crippen LogP contribution >= 0.6 is 22.9 Å². The summed E-state index contributed by atoms with van der Waals surface area (Å²) >= 11 is 7.44. The third-order valence-corrected chi connectivity index (χ3v) is 6.32.